The largest absolute Gasteiger partial charge is 0.457 e. The molecule has 2 aromatic heterocycles. The molecule has 1 aliphatic heterocycles. The Morgan fingerprint density at radius 3 is 2.13 bits per heavy atom. The van der Waals surface area contributed by atoms with Crippen LogP contribution in [0, 0.1) is 0 Å². The van der Waals surface area contributed by atoms with E-state index in [2.05, 4.69) is 200 Å². The molecular weight excluding hydrogens is 761 g/mol. The molecule has 0 saturated carbocycles. The summed E-state index contributed by atoms with van der Waals surface area (Å²) in [5.74, 6) is 2.83. The summed E-state index contributed by atoms with van der Waals surface area (Å²) < 4.78 is 9.09. The quantitative estimate of drug-likeness (QED) is 0.178. The average molecular weight is 797 g/mol. The van der Waals surface area contributed by atoms with Crippen LogP contribution in [0.25, 0.3) is 76.0 Å². The van der Waals surface area contributed by atoms with E-state index in [-0.39, 0.29) is 5.92 Å². The van der Waals surface area contributed by atoms with Gasteiger partial charge in [0.25, 0.3) is 0 Å². The van der Waals surface area contributed by atoms with E-state index in [1.807, 2.05) is 0 Å². The van der Waals surface area contributed by atoms with Gasteiger partial charge in [-0.2, -0.15) is 0 Å². The summed E-state index contributed by atoms with van der Waals surface area (Å²) in [4.78, 5) is 10.8. The van der Waals surface area contributed by atoms with Gasteiger partial charge < -0.3 is 4.74 Å². The Hall–Kier alpha value is -7.40. The maximum absolute atomic E-state index is 6.79. The van der Waals surface area contributed by atoms with Gasteiger partial charge in [-0.25, -0.2) is 9.97 Å². The number of ether oxygens (including phenoxy) is 1. The van der Waals surface area contributed by atoms with Crippen molar-refractivity contribution in [3.8, 4) is 50.6 Å². The van der Waals surface area contributed by atoms with E-state index in [0.717, 1.165) is 56.2 Å². The molecule has 0 bridgehead atoms. The SMILES string of the molecule is C1=C2Oc3ccccc3C3(C2=CC(c2ccccc2)C1)c1ccccc1-c1cc(-c2nc(-c4ccc(-c5cccc6ccccc56)cc4)nc4c2sc2ccccc24)ccc13. The lowest BCUT2D eigenvalue weighted by Crippen LogP contribution is -2.36. The van der Waals surface area contributed by atoms with Crippen molar-refractivity contribution in [2.45, 2.75) is 17.8 Å². The van der Waals surface area contributed by atoms with Crippen molar-refractivity contribution < 1.29 is 4.74 Å². The number of benzene rings is 8. The van der Waals surface area contributed by atoms with Gasteiger partial charge in [-0.1, -0.05) is 176 Å². The number of hydrogen-bond donors (Lipinski definition) is 0. The van der Waals surface area contributed by atoms with E-state index >= 15 is 0 Å². The van der Waals surface area contributed by atoms with Gasteiger partial charge in [-0.05, 0) is 80.4 Å². The van der Waals surface area contributed by atoms with E-state index in [1.54, 1.807) is 11.3 Å². The highest BCUT2D eigenvalue weighted by atomic mass is 32.1. The second-order valence-corrected chi connectivity index (χ2v) is 17.4. The van der Waals surface area contributed by atoms with Crippen LogP contribution in [-0.2, 0) is 5.41 Å². The molecule has 13 rings (SSSR count). The van der Waals surface area contributed by atoms with Gasteiger partial charge in [0.2, 0.25) is 0 Å². The first-order valence-electron chi connectivity index (χ1n) is 21.0. The third kappa shape index (κ3) is 5.09. The van der Waals surface area contributed by atoms with Gasteiger partial charge in [0.05, 0.1) is 21.3 Å². The minimum atomic E-state index is -0.547. The summed E-state index contributed by atoms with van der Waals surface area (Å²) in [6, 6.07) is 68.0. The van der Waals surface area contributed by atoms with Crippen molar-refractivity contribution in [1.29, 1.82) is 0 Å². The van der Waals surface area contributed by atoms with Gasteiger partial charge in [0, 0.05) is 38.3 Å². The number of para-hydroxylation sites is 1. The van der Waals surface area contributed by atoms with Crippen LogP contribution in [-0.4, -0.2) is 9.97 Å². The van der Waals surface area contributed by atoms with E-state index in [9.17, 15) is 0 Å². The summed E-state index contributed by atoms with van der Waals surface area (Å²) in [6.45, 7) is 0. The Labute approximate surface area is 357 Å². The number of fused-ring (bicyclic) bond motifs is 13. The Balaban J connectivity index is 1.01. The van der Waals surface area contributed by atoms with E-state index in [4.69, 9.17) is 14.7 Å². The zero-order valence-electron chi connectivity index (χ0n) is 33.0. The first-order valence-corrected chi connectivity index (χ1v) is 21.8. The molecule has 0 N–H and O–H groups in total. The summed E-state index contributed by atoms with van der Waals surface area (Å²) in [5.41, 5.74) is 14.6. The van der Waals surface area contributed by atoms with Gasteiger partial charge in [0.1, 0.15) is 11.5 Å². The molecule has 286 valence electrons. The molecule has 61 heavy (non-hydrogen) atoms. The predicted octanol–water partition coefficient (Wildman–Crippen LogP) is 14.7. The summed E-state index contributed by atoms with van der Waals surface area (Å²) in [7, 11) is 0. The fourth-order valence-corrected chi connectivity index (χ4v) is 11.5. The predicted molar refractivity (Wildman–Crippen MR) is 251 cm³/mol. The van der Waals surface area contributed by atoms with E-state index in [1.165, 1.54) is 65.6 Å². The van der Waals surface area contributed by atoms with Crippen LogP contribution in [0.3, 0.4) is 0 Å². The molecule has 0 fully saturated rings. The Morgan fingerprint density at radius 2 is 1.23 bits per heavy atom. The van der Waals surface area contributed by atoms with Gasteiger partial charge in [0.15, 0.2) is 5.82 Å². The summed E-state index contributed by atoms with van der Waals surface area (Å²) in [5, 5.41) is 3.63. The number of thiophene rings is 1. The number of nitrogens with zero attached hydrogens (tertiary/aromatic N) is 2. The first-order chi connectivity index (χ1) is 30.2. The topological polar surface area (TPSA) is 35.0 Å². The molecule has 2 aliphatic carbocycles. The first kappa shape index (κ1) is 34.5. The fraction of sp³-hybridized carbons (Fsp3) is 0.0526. The van der Waals surface area contributed by atoms with Crippen LogP contribution in [0.15, 0.2) is 212 Å². The standard InChI is InChI=1S/C57H36N2OS/c1-2-13-35(14-3-1)39-30-32-51-49(34-39)57(48-22-9-10-23-50(48)60-51)46-21-8-6-18-43(46)45-33-40(29-31-47(45)57)53-55-54(44-19-7-11-24-52(44)61-55)59-56(58-53)38-27-25-37(26-28-38)42-20-12-16-36-15-4-5-17-41(36)42/h1-29,31-34,39H,30H2. The summed E-state index contributed by atoms with van der Waals surface area (Å²) >= 11 is 1.77. The maximum Gasteiger partial charge on any atom is 0.160 e. The zero-order chi connectivity index (χ0) is 40.1. The lowest BCUT2D eigenvalue weighted by atomic mass is 9.63. The lowest BCUT2D eigenvalue weighted by Gasteiger charge is -2.43. The molecular formula is C57H36N2OS. The molecule has 4 heteroatoms. The number of allylic oxidation sites excluding steroid dienone is 3. The third-order valence-corrected chi connectivity index (χ3v) is 14.3. The second kappa shape index (κ2) is 13.3. The number of rotatable bonds is 4. The van der Waals surface area contributed by atoms with Crippen LogP contribution in [0.1, 0.15) is 34.6 Å². The fourth-order valence-electron chi connectivity index (χ4n) is 10.4. The van der Waals surface area contributed by atoms with E-state index in [0.29, 0.717) is 0 Å². The van der Waals surface area contributed by atoms with Crippen molar-refractivity contribution in [2.75, 3.05) is 0 Å². The highest BCUT2D eigenvalue weighted by Crippen LogP contribution is 2.63. The van der Waals surface area contributed by atoms with Crippen molar-refractivity contribution in [3.05, 3.63) is 234 Å². The smallest absolute Gasteiger partial charge is 0.160 e. The van der Waals surface area contributed by atoms with Gasteiger partial charge in [-0.15, -0.1) is 11.3 Å². The highest BCUT2D eigenvalue weighted by molar-refractivity contribution is 7.26. The monoisotopic (exact) mass is 796 g/mol. The van der Waals surface area contributed by atoms with Crippen molar-refractivity contribution >= 4 is 42.4 Å². The van der Waals surface area contributed by atoms with Crippen LogP contribution >= 0.6 is 11.3 Å². The second-order valence-electron chi connectivity index (χ2n) is 16.3. The molecule has 0 amide bonds. The molecule has 2 atom stereocenters. The molecule has 3 heterocycles. The minimum absolute atomic E-state index is 0.239. The molecule has 1 spiro atoms. The van der Waals surface area contributed by atoms with Gasteiger partial charge in [-0.3, -0.25) is 0 Å². The normalized spacial score (nSPS) is 17.3. The average Bonchev–Trinajstić information content (AvgIpc) is 3.85. The third-order valence-electron chi connectivity index (χ3n) is 13.1. The van der Waals surface area contributed by atoms with Crippen molar-refractivity contribution in [1.82, 2.24) is 9.97 Å². The summed E-state index contributed by atoms with van der Waals surface area (Å²) in [6.07, 6.45) is 5.69. The van der Waals surface area contributed by atoms with Gasteiger partial charge >= 0.3 is 0 Å². The van der Waals surface area contributed by atoms with Crippen LogP contribution in [0.4, 0.5) is 0 Å². The van der Waals surface area contributed by atoms with Crippen molar-refractivity contribution in [2.24, 2.45) is 0 Å². The molecule has 0 radical (unpaired) electrons. The zero-order valence-corrected chi connectivity index (χ0v) is 33.9. The Morgan fingerprint density at radius 1 is 0.541 bits per heavy atom. The van der Waals surface area contributed by atoms with Crippen LogP contribution < -0.4 is 4.74 Å². The molecule has 3 aliphatic rings. The molecule has 0 saturated heterocycles. The molecule has 8 aromatic carbocycles. The Bertz CT molecular complexity index is 3480. The molecule has 3 nitrogen and oxygen atoms in total. The number of hydrogen-bond acceptors (Lipinski definition) is 4. The molecule has 2 unspecified atom stereocenters. The maximum atomic E-state index is 6.79. The van der Waals surface area contributed by atoms with Crippen LogP contribution in [0.5, 0.6) is 5.75 Å². The lowest BCUT2D eigenvalue weighted by molar-refractivity contribution is 0.381. The minimum Gasteiger partial charge on any atom is -0.457 e. The highest BCUT2D eigenvalue weighted by Gasteiger charge is 2.53. The molecule has 10 aromatic rings. The van der Waals surface area contributed by atoms with E-state index < -0.39 is 5.41 Å². The number of aromatic nitrogens is 2. The Kier molecular flexibility index (Phi) is 7.52. The van der Waals surface area contributed by atoms with Crippen LogP contribution in [0.2, 0.25) is 0 Å². The van der Waals surface area contributed by atoms with Crippen molar-refractivity contribution in [3.63, 3.8) is 0 Å².